The van der Waals surface area contributed by atoms with Crippen molar-refractivity contribution in [3.63, 3.8) is 0 Å². The van der Waals surface area contributed by atoms with Gasteiger partial charge in [0.25, 0.3) is 0 Å². The fraction of sp³-hybridized carbons (Fsp3) is 0.688. The van der Waals surface area contributed by atoms with Crippen LogP contribution in [-0.2, 0) is 4.84 Å². The Labute approximate surface area is 115 Å². The molecule has 3 aliphatic rings. The lowest BCUT2D eigenvalue weighted by atomic mass is 9.67. The maximum atomic E-state index is 9.01. The van der Waals surface area contributed by atoms with Crippen LogP contribution in [0.3, 0.4) is 0 Å². The Morgan fingerprint density at radius 3 is 2.89 bits per heavy atom. The molecule has 0 unspecified atom stereocenters. The van der Waals surface area contributed by atoms with Crippen LogP contribution in [0.25, 0.3) is 0 Å². The van der Waals surface area contributed by atoms with Crippen LogP contribution in [0, 0.1) is 29.6 Å². The van der Waals surface area contributed by atoms with E-state index in [4.69, 9.17) is 16.5 Å². The van der Waals surface area contributed by atoms with Crippen molar-refractivity contribution in [1.82, 2.24) is 5.06 Å². The largest absolute Gasteiger partial charge is 0.294 e. The SMILES string of the molecule is C#C/C=C\[C@@H]1[C@@H]2CCC[C@]13CCC[C@@H](CC#N)N3O2. The summed E-state index contributed by atoms with van der Waals surface area (Å²) in [6.45, 7) is 0. The Bertz CT molecular complexity index is 454. The van der Waals surface area contributed by atoms with Gasteiger partial charge in [-0.25, -0.2) is 0 Å². The molecule has 3 fully saturated rings. The Kier molecular flexibility index (Phi) is 3.35. The second-order valence-electron chi connectivity index (χ2n) is 5.93. The number of hydrogen-bond acceptors (Lipinski definition) is 3. The molecule has 4 atom stereocenters. The van der Waals surface area contributed by atoms with Crippen molar-refractivity contribution in [3.05, 3.63) is 12.2 Å². The number of piperidine rings is 1. The highest BCUT2D eigenvalue weighted by Crippen LogP contribution is 2.53. The molecule has 100 valence electrons. The zero-order valence-corrected chi connectivity index (χ0v) is 11.2. The van der Waals surface area contributed by atoms with Gasteiger partial charge in [0.2, 0.25) is 0 Å². The molecule has 1 spiro atoms. The summed E-state index contributed by atoms with van der Waals surface area (Å²) in [5, 5.41) is 11.2. The zero-order chi connectivity index (χ0) is 13.3. The molecular formula is C16H20N2O. The average molecular weight is 256 g/mol. The first-order chi connectivity index (χ1) is 9.31. The van der Waals surface area contributed by atoms with E-state index in [0.29, 0.717) is 12.3 Å². The van der Waals surface area contributed by atoms with E-state index in [1.807, 2.05) is 6.08 Å². The molecule has 3 nitrogen and oxygen atoms in total. The Morgan fingerprint density at radius 1 is 1.37 bits per heavy atom. The predicted octanol–water partition coefficient (Wildman–Crippen LogP) is 2.80. The number of nitriles is 1. The zero-order valence-electron chi connectivity index (χ0n) is 11.2. The summed E-state index contributed by atoms with van der Waals surface area (Å²) in [7, 11) is 0. The summed E-state index contributed by atoms with van der Waals surface area (Å²) in [6.07, 6.45) is 17.1. The molecule has 0 radical (unpaired) electrons. The van der Waals surface area contributed by atoms with Crippen LogP contribution in [-0.4, -0.2) is 22.7 Å². The average Bonchev–Trinajstić information content (AvgIpc) is 2.59. The lowest BCUT2D eigenvalue weighted by Gasteiger charge is -2.47. The van der Waals surface area contributed by atoms with Gasteiger partial charge in [-0.3, -0.25) is 4.84 Å². The first-order valence-electron chi connectivity index (χ1n) is 7.28. The number of rotatable bonds is 2. The van der Waals surface area contributed by atoms with Gasteiger partial charge in [-0.1, -0.05) is 12.0 Å². The molecule has 3 rings (SSSR count). The summed E-state index contributed by atoms with van der Waals surface area (Å²) in [6, 6.07) is 2.58. The quantitative estimate of drug-likeness (QED) is 0.713. The van der Waals surface area contributed by atoms with E-state index in [9.17, 15) is 0 Å². The maximum Gasteiger partial charge on any atom is 0.0875 e. The minimum Gasteiger partial charge on any atom is -0.294 e. The first-order valence-corrected chi connectivity index (χ1v) is 7.28. The van der Waals surface area contributed by atoms with E-state index in [2.05, 4.69) is 23.1 Å². The Hall–Kier alpha value is -1.29. The minimum absolute atomic E-state index is 0.107. The molecule has 1 aliphatic carbocycles. The standard InChI is InChI=1S/C16H20N2O/c1-2-3-7-14-15-8-5-11-16(14)10-4-6-13(9-12-17)18(16)19-15/h1,3,7,13-15H,4-6,8-11H2/b7-3-/t13-,14+,15-,16+/m0/s1. The van der Waals surface area contributed by atoms with Crippen molar-refractivity contribution in [2.75, 3.05) is 0 Å². The molecule has 3 heteroatoms. The van der Waals surface area contributed by atoms with E-state index in [1.54, 1.807) is 0 Å². The second kappa shape index (κ2) is 5.00. The molecule has 2 bridgehead atoms. The van der Waals surface area contributed by atoms with E-state index < -0.39 is 0 Å². The number of hydroxylamine groups is 2. The van der Waals surface area contributed by atoms with Gasteiger partial charge in [-0.15, -0.1) is 6.42 Å². The molecule has 0 aromatic heterocycles. The van der Waals surface area contributed by atoms with Gasteiger partial charge in [0, 0.05) is 12.0 Å². The van der Waals surface area contributed by atoms with Gasteiger partial charge >= 0.3 is 0 Å². The van der Waals surface area contributed by atoms with Crippen molar-refractivity contribution in [3.8, 4) is 18.4 Å². The van der Waals surface area contributed by atoms with E-state index in [1.165, 1.54) is 25.7 Å². The van der Waals surface area contributed by atoms with Crippen LogP contribution in [0.1, 0.15) is 44.9 Å². The predicted molar refractivity (Wildman–Crippen MR) is 72.6 cm³/mol. The minimum atomic E-state index is 0.107. The summed E-state index contributed by atoms with van der Waals surface area (Å²) < 4.78 is 0. The molecule has 0 aromatic carbocycles. The van der Waals surface area contributed by atoms with Gasteiger partial charge < -0.3 is 0 Å². The summed E-state index contributed by atoms with van der Waals surface area (Å²) in [4.78, 5) is 6.22. The van der Waals surface area contributed by atoms with Crippen molar-refractivity contribution >= 4 is 0 Å². The first kappa shape index (κ1) is 12.7. The molecule has 0 N–H and O–H groups in total. The van der Waals surface area contributed by atoms with Crippen molar-refractivity contribution in [2.24, 2.45) is 5.92 Å². The fourth-order valence-corrected chi connectivity index (χ4v) is 4.29. The number of nitrogens with zero attached hydrogens (tertiary/aromatic N) is 2. The van der Waals surface area contributed by atoms with Crippen LogP contribution in [0.2, 0.25) is 0 Å². The topological polar surface area (TPSA) is 36.3 Å². The van der Waals surface area contributed by atoms with Crippen LogP contribution in [0.5, 0.6) is 0 Å². The molecule has 0 aromatic rings. The van der Waals surface area contributed by atoms with Crippen molar-refractivity contribution in [2.45, 2.75) is 62.6 Å². The van der Waals surface area contributed by atoms with Gasteiger partial charge in [-0.2, -0.15) is 10.3 Å². The molecule has 2 heterocycles. The van der Waals surface area contributed by atoms with Gasteiger partial charge in [0.1, 0.15) is 0 Å². The number of allylic oxidation sites excluding steroid dienone is 1. The number of fused-ring (bicyclic) bond motifs is 1. The molecule has 2 aliphatic heterocycles. The monoisotopic (exact) mass is 256 g/mol. The third-order valence-electron chi connectivity index (χ3n) is 5.01. The normalized spacial score (nSPS) is 41.7. The number of hydrogen-bond donors (Lipinski definition) is 0. The van der Waals surface area contributed by atoms with Crippen LogP contribution in [0.15, 0.2) is 12.2 Å². The van der Waals surface area contributed by atoms with Crippen molar-refractivity contribution < 1.29 is 4.84 Å². The third-order valence-corrected chi connectivity index (χ3v) is 5.01. The smallest absolute Gasteiger partial charge is 0.0875 e. The molecule has 1 saturated carbocycles. The Balaban J connectivity index is 1.92. The molecule has 2 saturated heterocycles. The molecule has 0 amide bonds. The second-order valence-corrected chi connectivity index (χ2v) is 5.93. The third kappa shape index (κ3) is 1.89. The molecular weight excluding hydrogens is 236 g/mol. The highest BCUT2D eigenvalue weighted by molar-refractivity contribution is 5.19. The number of terminal acetylenes is 1. The summed E-state index contributed by atoms with van der Waals surface area (Å²) in [5.74, 6) is 3.01. The molecule has 19 heavy (non-hydrogen) atoms. The Morgan fingerprint density at radius 2 is 2.16 bits per heavy atom. The summed E-state index contributed by atoms with van der Waals surface area (Å²) in [5.41, 5.74) is 0.107. The van der Waals surface area contributed by atoms with Gasteiger partial charge in [-0.05, 0) is 44.6 Å². The summed E-state index contributed by atoms with van der Waals surface area (Å²) >= 11 is 0. The van der Waals surface area contributed by atoms with E-state index in [-0.39, 0.29) is 17.7 Å². The highest BCUT2D eigenvalue weighted by atomic mass is 16.7. The van der Waals surface area contributed by atoms with Crippen molar-refractivity contribution in [1.29, 1.82) is 5.26 Å². The van der Waals surface area contributed by atoms with E-state index >= 15 is 0 Å². The van der Waals surface area contributed by atoms with Crippen LogP contribution in [0.4, 0.5) is 0 Å². The fourth-order valence-electron chi connectivity index (χ4n) is 4.29. The lowest BCUT2D eigenvalue weighted by molar-refractivity contribution is -0.220. The maximum absolute atomic E-state index is 9.01. The van der Waals surface area contributed by atoms with Gasteiger partial charge in [0.15, 0.2) is 0 Å². The lowest BCUT2D eigenvalue weighted by Crippen LogP contribution is -2.55. The van der Waals surface area contributed by atoms with Gasteiger partial charge in [0.05, 0.1) is 24.1 Å². The van der Waals surface area contributed by atoms with E-state index in [0.717, 1.165) is 12.8 Å². The van der Waals surface area contributed by atoms with Crippen LogP contribution < -0.4 is 0 Å². The van der Waals surface area contributed by atoms with Crippen LogP contribution >= 0.6 is 0 Å². The highest BCUT2D eigenvalue weighted by Gasteiger charge is 2.58.